The lowest BCUT2D eigenvalue weighted by molar-refractivity contribution is 0.0939. The van der Waals surface area contributed by atoms with Crippen molar-refractivity contribution in [3.8, 4) is 17.2 Å². The van der Waals surface area contributed by atoms with E-state index in [4.69, 9.17) is 14.2 Å². The number of aromatic nitrogens is 1. The molecule has 0 atom stereocenters. The molecule has 0 aliphatic rings. The van der Waals surface area contributed by atoms with Crippen LogP contribution in [0.25, 0.3) is 0 Å². The Morgan fingerprint density at radius 1 is 1.03 bits per heavy atom. The van der Waals surface area contributed by atoms with Gasteiger partial charge in [-0.3, -0.25) is 19.8 Å². The third-order valence-corrected chi connectivity index (χ3v) is 5.88. The number of nitrogens with one attached hydrogen (secondary N) is 2. The van der Waals surface area contributed by atoms with E-state index >= 15 is 0 Å². The molecular formula is C23H34N4O5S. The Kier molecular flexibility index (Phi) is 10.4. The Morgan fingerprint density at radius 3 is 2.30 bits per heavy atom. The van der Waals surface area contributed by atoms with Gasteiger partial charge in [-0.1, -0.05) is 13.3 Å². The number of carbonyl (C=O) groups is 2. The summed E-state index contributed by atoms with van der Waals surface area (Å²) < 4.78 is 15.8. The molecule has 0 saturated carbocycles. The number of amides is 2. The summed E-state index contributed by atoms with van der Waals surface area (Å²) in [6.45, 7) is 8.79. The van der Waals surface area contributed by atoms with Crippen molar-refractivity contribution >= 4 is 28.3 Å². The summed E-state index contributed by atoms with van der Waals surface area (Å²) in [6.07, 6.45) is 2.27. The summed E-state index contributed by atoms with van der Waals surface area (Å²) in [6, 6.07) is 3.53. The fourth-order valence-electron chi connectivity index (χ4n) is 3.20. The molecule has 0 saturated heterocycles. The van der Waals surface area contributed by atoms with Crippen LogP contribution in [-0.2, 0) is 0 Å². The largest absolute Gasteiger partial charge is 0.496 e. The van der Waals surface area contributed by atoms with E-state index in [-0.39, 0.29) is 17.2 Å². The number of nitrogens with zero attached hydrogens (tertiary/aromatic N) is 2. The van der Waals surface area contributed by atoms with Crippen LogP contribution in [0.1, 0.15) is 54.5 Å². The number of methoxy groups -OCH3 is 3. The highest BCUT2D eigenvalue weighted by atomic mass is 32.1. The van der Waals surface area contributed by atoms with Crippen LogP contribution >= 0.6 is 11.3 Å². The van der Waals surface area contributed by atoms with Crippen molar-refractivity contribution in [1.29, 1.82) is 0 Å². The Labute approximate surface area is 199 Å². The van der Waals surface area contributed by atoms with Gasteiger partial charge in [0.15, 0.2) is 16.6 Å². The third kappa shape index (κ3) is 7.33. The van der Waals surface area contributed by atoms with E-state index in [0.29, 0.717) is 35.0 Å². The van der Waals surface area contributed by atoms with Crippen LogP contribution in [0.5, 0.6) is 17.2 Å². The molecule has 9 nitrogen and oxygen atoms in total. The number of hydrogen-bond donors (Lipinski definition) is 2. The summed E-state index contributed by atoms with van der Waals surface area (Å²) in [5.41, 5.74) is 0.524. The van der Waals surface area contributed by atoms with Gasteiger partial charge in [0.25, 0.3) is 11.8 Å². The van der Waals surface area contributed by atoms with Crippen LogP contribution < -0.4 is 24.8 Å². The van der Waals surface area contributed by atoms with E-state index < -0.39 is 5.91 Å². The van der Waals surface area contributed by atoms with Crippen molar-refractivity contribution in [3.05, 3.63) is 28.8 Å². The third-order valence-electron chi connectivity index (χ3n) is 5.12. The van der Waals surface area contributed by atoms with Crippen molar-refractivity contribution in [2.75, 3.05) is 46.3 Å². The smallest absolute Gasteiger partial charge is 0.270 e. The lowest BCUT2D eigenvalue weighted by Crippen LogP contribution is -2.39. The second-order valence-electron chi connectivity index (χ2n) is 7.64. The average Bonchev–Trinajstić information content (AvgIpc) is 3.28. The first kappa shape index (κ1) is 26.4. The van der Waals surface area contributed by atoms with E-state index in [2.05, 4.69) is 41.3 Å². The van der Waals surface area contributed by atoms with Gasteiger partial charge < -0.3 is 19.5 Å². The predicted octanol–water partition coefficient (Wildman–Crippen LogP) is 3.66. The molecule has 1 aromatic carbocycles. The first-order chi connectivity index (χ1) is 15.8. The van der Waals surface area contributed by atoms with E-state index in [0.717, 1.165) is 25.9 Å². The van der Waals surface area contributed by atoms with Gasteiger partial charge in [0.1, 0.15) is 11.4 Å². The van der Waals surface area contributed by atoms with Gasteiger partial charge in [-0.25, -0.2) is 4.98 Å². The summed E-state index contributed by atoms with van der Waals surface area (Å²) in [4.78, 5) is 31.9. The van der Waals surface area contributed by atoms with Gasteiger partial charge in [-0.2, -0.15) is 0 Å². The number of ether oxygens (including phenoxy) is 3. The first-order valence-electron chi connectivity index (χ1n) is 10.9. The van der Waals surface area contributed by atoms with Gasteiger partial charge in [0.05, 0.1) is 26.9 Å². The molecule has 1 heterocycles. The lowest BCUT2D eigenvalue weighted by atomic mass is 10.1. The molecule has 2 N–H and O–H groups in total. The minimum atomic E-state index is -0.433. The molecule has 1 aromatic heterocycles. The summed E-state index contributed by atoms with van der Waals surface area (Å²) in [5.74, 6) is 0.478. The summed E-state index contributed by atoms with van der Waals surface area (Å²) >= 11 is 1.18. The Balaban J connectivity index is 2.00. The average molecular weight is 479 g/mol. The van der Waals surface area contributed by atoms with Crippen molar-refractivity contribution in [3.63, 3.8) is 0 Å². The highest BCUT2D eigenvalue weighted by molar-refractivity contribution is 7.14. The molecule has 0 radical (unpaired) electrons. The van der Waals surface area contributed by atoms with Crippen LogP contribution in [0.15, 0.2) is 17.5 Å². The van der Waals surface area contributed by atoms with E-state index in [1.165, 1.54) is 38.7 Å². The van der Waals surface area contributed by atoms with Crippen LogP contribution in [0.3, 0.4) is 0 Å². The molecule has 0 bridgehead atoms. The van der Waals surface area contributed by atoms with Gasteiger partial charge in [-0.15, -0.1) is 11.3 Å². The van der Waals surface area contributed by atoms with E-state index in [9.17, 15) is 9.59 Å². The minimum Gasteiger partial charge on any atom is -0.496 e. The quantitative estimate of drug-likeness (QED) is 0.453. The number of thiazole rings is 1. The summed E-state index contributed by atoms with van der Waals surface area (Å²) in [5, 5.41) is 7.55. The maximum atomic E-state index is 12.8. The molecule has 182 valence electrons. The minimum absolute atomic E-state index is 0.261. The molecule has 2 aromatic rings. The van der Waals surface area contributed by atoms with Gasteiger partial charge in [0.2, 0.25) is 0 Å². The Hall–Kier alpha value is -2.85. The number of unbranched alkanes of at least 4 members (excludes halogenated alkanes) is 1. The fourth-order valence-corrected chi connectivity index (χ4v) is 3.89. The van der Waals surface area contributed by atoms with Crippen LogP contribution in [0.2, 0.25) is 0 Å². The number of hydrogen-bond acceptors (Lipinski definition) is 8. The van der Waals surface area contributed by atoms with Crippen molar-refractivity contribution in [2.45, 2.75) is 39.7 Å². The fraction of sp³-hybridized carbons (Fsp3) is 0.522. The maximum absolute atomic E-state index is 12.8. The molecule has 0 unspecified atom stereocenters. The highest BCUT2D eigenvalue weighted by Gasteiger charge is 2.20. The Morgan fingerprint density at radius 2 is 1.70 bits per heavy atom. The van der Waals surface area contributed by atoms with E-state index in [1.807, 2.05) is 0 Å². The van der Waals surface area contributed by atoms with Crippen molar-refractivity contribution in [2.24, 2.45) is 0 Å². The van der Waals surface area contributed by atoms with Gasteiger partial charge >= 0.3 is 0 Å². The van der Waals surface area contributed by atoms with Crippen molar-refractivity contribution in [1.82, 2.24) is 15.2 Å². The van der Waals surface area contributed by atoms with Crippen LogP contribution in [-0.4, -0.2) is 68.7 Å². The first-order valence-corrected chi connectivity index (χ1v) is 11.8. The van der Waals surface area contributed by atoms with E-state index in [1.54, 1.807) is 11.4 Å². The molecule has 0 aliphatic carbocycles. The molecule has 0 aliphatic heterocycles. The number of rotatable bonds is 13. The molecule has 0 spiro atoms. The number of carbonyl (C=O) groups excluding carboxylic acids is 2. The topological polar surface area (TPSA) is 102 Å². The second-order valence-corrected chi connectivity index (χ2v) is 8.50. The zero-order valence-electron chi connectivity index (χ0n) is 20.2. The standard InChI is InChI=1S/C23H34N4O5S/c1-7-8-10-27(15(2)3)11-9-24-22(29)17-14-33-23(25-17)26-21(28)16-12-19(31-5)20(32-6)13-18(16)30-4/h12-15H,7-11H2,1-6H3,(H,24,29)(H,25,26,28). The zero-order valence-corrected chi connectivity index (χ0v) is 21.0. The van der Waals surface area contributed by atoms with Gasteiger partial charge in [-0.05, 0) is 26.8 Å². The monoisotopic (exact) mass is 478 g/mol. The predicted molar refractivity (Wildman–Crippen MR) is 130 cm³/mol. The molecule has 0 fully saturated rings. The lowest BCUT2D eigenvalue weighted by Gasteiger charge is -2.26. The maximum Gasteiger partial charge on any atom is 0.270 e. The summed E-state index contributed by atoms with van der Waals surface area (Å²) in [7, 11) is 4.46. The molecule has 2 rings (SSSR count). The van der Waals surface area contributed by atoms with Gasteiger partial charge in [0, 0.05) is 36.6 Å². The zero-order chi connectivity index (χ0) is 24.4. The number of benzene rings is 1. The SMILES string of the molecule is CCCCN(CCNC(=O)c1csc(NC(=O)c2cc(OC)c(OC)cc2OC)n1)C(C)C. The molecular weight excluding hydrogens is 444 g/mol. The van der Waals surface area contributed by atoms with Crippen molar-refractivity contribution < 1.29 is 23.8 Å². The highest BCUT2D eigenvalue weighted by Crippen LogP contribution is 2.35. The second kappa shape index (κ2) is 13.0. The molecule has 2 amide bonds. The van der Waals surface area contributed by atoms with Crippen LogP contribution in [0.4, 0.5) is 5.13 Å². The Bertz CT molecular complexity index is 932. The molecule has 33 heavy (non-hydrogen) atoms. The van der Waals surface area contributed by atoms with Crippen LogP contribution in [0, 0.1) is 0 Å². The normalized spacial score (nSPS) is 10.9. The molecule has 10 heteroatoms. The number of anilines is 1.